The Morgan fingerprint density at radius 2 is 2.00 bits per heavy atom. The molecule has 0 unspecified atom stereocenters. The molecule has 1 N–H and O–H groups in total. The fraction of sp³-hybridized carbons (Fsp3) is 0.714. The second kappa shape index (κ2) is 2.87. The number of aliphatic hydroxyl groups is 1. The first-order chi connectivity index (χ1) is 4.33. The van der Waals surface area contributed by atoms with Crippen molar-refractivity contribution in [3.8, 4) is 0 Å². The Morgan fingerprint density at radius 1 is 1.44 bits per heavy atom. The predicted octanol–water partition coefficient (Wildman–Crippen LogP) is 1.15. The predicted molar refractivity (Wildman–Crippen MR) is 37.4 cm³/mol. The largest absolute Gasteiger partial charge is 0.516 e. The summed E-state index contributed by atoms with van der Waals surface area (Å²) < 4.78 is 0. The van der Waals surface area contributed by atoms with Crippen LogP contribution in [0.3, 0.4) is 0 Å². The molecule has 1 fully saturated rings. The molecule has 1 heterocycles. The highest BCUT2D eigenvalue weighted by Gasteiger charge is 2.08. The minimum Gasteiger partial charge on any atom is -0.516 e. The van der Waals surface area contributed by atoms with Crippen LogP contribution in [-0.2, 0) is 0 Å². The summed E-state index contributed by atoms with van der Waals surface area (Å²) in [6.07, 6.45) is 3.33. The molecule has 0 saturated carbocycles. The summed E-state index contributed by atoms with van der Waals surface area (Å²) in [7, 11) is 2.11. The number of rotatable bonds is 0. The second-order valence-corrected chi connectivity index (χ2v) is 2.59. The van der Waals surface area contributed by atoms with E-state index in [4.69, 9.17) is 5.11 Å². The Labute approximate surface area is 55.8 Å². The molecule has 0 radical (unpaired) electrons. The maximum Gasteiger partial charge on any atom is 0.0784 e. The first-order valence-corrected chi connectivity index (χ1v) is 3.33. The van der Waals surface area contributed by atoms with Gasteiger partial charge in [0.2, 0.25) is 0 Å². The molecule has 0 aromatic carbocycles. The maximum atomic E-state index is 8.60. The van der Waals surface area contributed by atoms with Crippen molar-refractivity contribution in [1.82, 2.24) is 4.90 Å². The van der Waals surface area contributed by atoms with Gasteiger partial charge in [-0.3, -0.25) is 0 Å². The summed E-state index contributed by atoms with van der Waals surface area (Å²) in [5, 5.41) is 8.60. The van der Waals surface area contributed by atoms with Crippen LogP contribution in [0, 0.1) is 0 Å². The topological polar surface area (TPSA) is 23.5 Å². The maximum absolute atomic E-state index is 8.60. The van der Waals surface area contributed by atoms with Crippen LogP contribution in [0.25, 0.3) is 0 Å². The lowest BCUT2D eigenvalue weighted by Crippen LogP contribution is -2.26. The van der Waals surface area contributed by atoms with Gasteiger partial charge < -0.3 is 10.0 Å². The van der Waals surface area contributed by atoms with Gasteiger partial charge in [-0.25, -0.2) is 0 Å². The normalized spacial score (nSPS) is 22.1. The molecule has 0 aliphatic carbocycles. The lowest BCUT2D eigenvalue weighted by Gasteiger charge is -2.22. The molecule has 52 valence electrons. The highest BCUT2D eigenvalue weighted by Crippen LogP contribution is 2.12. The standard InChI is InChI=1S/C7H13NO/c1-8-4-2-7(6-9)3-5-8/h6,9H,2-5H2,1H3. The molecule has 0 atom stereocenters. The lowest BCUT2D eigenvalue weighted by molar-refractivity contribution is 0.306. The molecular weight excluding hydrogens is 114 g/mol. The summed E-state index contributed by atoms with van der Waals surface area (Å²) in [6, 6.07) is 0. The number of piperidine rings is 1. The van der Waals surface area contributed by atoms with Gasteiger partial charge in [0.05, 0.1) is 6.26 Å². The van der Waals surface area contributed by atoms with Crippen LogP contribution >= 0.6 is 0 Å². The van der Waals surface area contributed by atoms with Crippen molar-refractivity contribution in [2.45, 2.75) is 12.8 Å². The van der Waals surface area contributed by atoms with Crippen molar-refractivity contribution in [1.29, 1.82) is 0 Å². The zero-order valence-electron chi connectivity index (χ0n) is 5.80. The van der Waals surface area contributed by atoms with Gasteiger partial charge in [-0.1, -0.05) is 0 Å². The summed E-state index contributed by atoms with van der Waals surface area (Å²) in [5.74, 6) is 0. The number of nitrogens with zero attached hydrogens (tertiary/aromatic N) is 1. The molecule has 9 heavy (non-hydrogen) atoms. The van der Waals surface area contributed by atoms with E-state index < -0.39 is 0 Å². The summed E-state index contributed by atoms with van der Waals surface area (Å²) in [6.45, 7) is 2.18. The zero-order chi connectivity index (χ0) is 6.69. The number of likely N-dealkylation sites (tertiary alicyclic amines) is 1. The molecule has 1 rings (SSSR count). The number of aliphatic hydroxyl groups excluding tert-OH is 1. The summed E-state index contributed by atoms with van der Waals surface area (Å²) in [4.78, 5) is 2.27. The minimum atomic E-state index is 1.03. The molecule has 1 saturated heterocycles. The van der Waals surface area contributed by atoms with Crippen LogP contribution < -0.4 is 0 Å². The monoisotopic (exact) mass is 127 g/mol. The Morgan fingerprint density at radius 3 is 2.44 bits per heavy atom. The summed E-state index contributed by atoms with van der Waals surface area (Å²) in [5.41, 5.74) is 1.19. The van der Waals surface area contributed by atoms with Crippen molar-refractivity contribution in [2.24, 2.45) is 0 Å². The van der Waals surface area contributed by atoms with Crippen molar-refractivity contribution in [3.63, 3.8) is 0 Å². The quantitative estimate of drug-likeness (QED) is 0.493. The molecule has 2 heteroatoms. The molecule has 0 aromatic heterocycles. The smallest absolute Gasteiger partial charge is 0.0784 e. The van der Waals surface area contributed by atoms with Gasteiger partial charge in [0.15, 0.2) is 0 Å². The average molecular weight is 127 g/mol. The second-order valence-electron chi connectivity index (χ2n) is 2.59. The zero-order valence-corrected chi connectivity index (χ0v) is 5.80. The Bertz CT molecular complexity index is 110. The number of hydrogen-bond donors (Lipinski definition) is 1. The summed E-state index contributed by atoms with van der Waals surface area (Å²) >= 11 is 0. The molecule has 0 amide bonds. The molecule has 1 aliphatic rings. The molecule has 1 aliphatic heterocycles. The van der Waals surface area contributed by atoms with Crippen LogP contribution in [0.1, 0.15) is 12.8 Å². The van der Waals surface area contributed by atoms with Crippen molar-refractivity contribution >= 4 is 0 Å². The molecule has 0 spiro atoms. The third-order valence-corrected chi connectivity index (χ3v) is 1.81. The van der Waals surface area contributed by atoms with E-state index in [9.17, 15) is 0 Å². The highest BCUT2D eigenvalue weighted by molar-refractivity contribution is 5.01. The van der Waals surface area contributed by atoms with Crippen molar-refractivity contribution in [2.75, 3.05) is 20.1 Å². The van der Waals surface area contributed by atoms with Gasteiger partial charge >= 0.3 is 0 Å². The van der Waals surface area contributed by atoms with Crippen LogP contribution in [0.5, 0.6) is 0 Å². The Kier molecular flexibility index (Phi) is 2.11. The number of hydrogen-bond acceptors (Lipinski definition) is 2. The van der Waals surface area contributed by atoms with Crippen LogP contribution in [0.15, 0.2) is 11.8 Å². The van der Waals surface area contributed by atoms with Gasteiger partial charge in [-0.05, 0) is 25.5 Å². The minimum absolute atomic E-state index is 1.03. The van der Waals surface area contributed by atoms with E-state index in [0.717, 1.165) is 25.9 Å². The lowest BCUT2D eigenvalue weighted by atomic mass is 10.1. The van der Waals surface area contributed by atoms with Gasteiger partial charge in [0.25, 0.3) is 0 Å². The third-order valence-electron chi connectivity index (χ3n) is 1.81. The van der Waals surface area contributed by atoms with Gasteiger partial charge in [0.1, 0.15) is 0 Å². The van der Waals surface area contributed by atoms with Gasteiger partial charge in [-0.15, -0.1) is 0 Å². The van der Waals surface area contributed by atoms with Gasteiger partial charge in [-0.2, -0.15) is 0 Å². The van der Waals surface area contributed by atoms with Crippen LogP contribution in [0.2, 0.25) is 0 Å². The van der Waals surface area contributed by atoms with E-state index in [1.54, 1.807) is 0 Å². The molecule has 0 aromatic rings. The average Bonchev–Trinajstić information content (AvgIpc) is 1.90. The van der Waals surface area contributed by atoms with E-state index in [0.29, 0.717) is 0 Å². The van der Waals surface area contributed by atoms with Gasteiger partial charge in [0, 0.05) is 13.1 Å². The Hall–Kier alpha value is -0.500. The molecule has 2 nitrogen and oxygen atoms in total. The first kappa shape index (κ1) is 6.62. The van der Waals surface area contributed by atoms with Crippen molar-refractivity contribution < 1.29 is 5.11 Å². The van der Waals surface area contributed by atoms with E-state index in [-0.39, 0.29) is 0 Å². The van der Waals surface area contributed by atoms with E-state index in [1.807, 2.05) is 0 Å². The highest BCUT2D eigenvalue weighted by atomic mass is 16.2. The SMILES string of the molecule is CN1CCC(=CO)CC1. The third kappa shape index (κ3) is 1.72. The molecule has 0 bridgehead atoms. The van der Waals surface area contributed by atoms with E-state index in [2.05, 4.69) is 11.9 Å². The fourth-order valence-corrected chi connectivity index (χ4v) is 1.03. The fourth-order valence-electron chi connectivity index (χ4n) is 1.03. The molecular formula is C7H13NO. The van der Waals surface area contributed by atoms with Crippen LogP contribution in [0.4, 0.5) is 0 Å². The van der Waals surface area contributed by atoms with E-state index >= 15 is 0 Å². The Balaban J connectivity index is 2.35. The first-order valence-electron chi connectivity index (χ1n) is 3.33. The van der Waals surface area contributed by atoms with Crippen LogP contribution in [-0.4, -0.2) is 30.1 Å². The van der Waals surface area contributed by atoms with Crippen molar-refractivity contribution in [3.05, 3.63) is 11.8 Å². The van der Waals surface area contributed by atoms with E-state index in [1.165, 1.54) is 11.8 Å².